The molecule has 1 atom stereocenters. The molecule has 0 unspecified atom stereocenters. The number of alkyl carbamates (subject to hydrolysis) is 1. The van der Waals surface area contributed by atoms with Crippen LogP contribution in [0.3, 0.4) is 0 Å². The van der Waals surface area contributed by atoms with E-state index in [1.807, 2.05) is 6.07 Å². The first kappa shape index (κ1) is 14.6. The van der Waals surface area contributed by atoms with Crippen molar-refractivity contribution in [2.75, 3.05) is 24.6 Å². The molecule has 0 radical (unpaired) electrons. The van der Waals surface area contributed by atoms with Crippen LogP contribution in [0.15, 0.2) is 18.5 Å². The number of hydrogen-bond donors (Lipinski definition) is 1. The maximum atomic E-state index is 11.7. The number of unbranched alkanes of at least 4 members (excludes halogenated alkanes) is 1. The molecule has 2 rings (SSSR count). The number of ether oxygens (including phenoxy) is 1. The molecule has 6 heteroatoms. The number of carbonyl (C=O) groups is 1. The van der Waals surface area contributed by atoms with Crippen LogP contribution in [-0.4, -0.2) is 42.0 Å². The van der Waals surface area contributed by atoms with Crippen molar-refractivity contribution in [1.29, 1.82) is 0 Å². The van der Waals surface area contributed by atoms with Crippen LogP contribution in [-0.2, 0) is 4.74 Å². The Morgan fingerprint density at radius 1 is 1.55 bits per heavy atom. The minimum atomic E-state index is -0.307. The van der Waals surface area contributed by atoms with Gasteiger partial charge in [-0.1, -0.05) is 13.3 Å². The fourth-order valence-electron chi connectivity index (χ4n) is 2.32. The van der Waals surface area contributed by atoms with E-state index in [0.717, 1.165) is 44.5 Å². The van der Waals surface area contributed by atoms with E-state index in [-0.39, 0.29) is 12.1 Å². The highest BCUT2D eigenvalue weighted by molar-refractivity contribution is 5.67. The lowest BCUT2D eigenvalue weighted by Gasteiger charge is -2.34. The molecule has 1 aliphatic heterocycles. The van der Waals surface area contributed by atoms with Gasteiger partial charge in [-0.15, -0.1) is 0 Å². The second-order valence-corrected chi connectivity index (χ2v) is 5.02. The van der Waals surface area contributed by atoms with Crippen LogP contribution in [0, 0.1) is 0 Å². The van der Waals surface area contributed by atoms with Crippen LogP contribution in [0.25, 0.3) is 0 Å². The molecule has 0 bridgehead atoms. The molecule has 1 aliphatic rings. The Morgan fingerprint density at radius 3 is 3.20 bits per heavy atom. The number of aromatic nitrogens is 2. The van der Waals surface area contributed by atoms with Crippen LogP contribution < -0.4 is 10.2 Å². The Hall–Kier alpha value is -1.85. The van der Waals surface area contributed by atoms with Gasteiger partial charge in [0.05, 0.1) is 24.7 Å². The van der Waals surface area contributed by atoms with Crippen molar-refractivity contribution >= 4 is 11.8 Å². The molecule has 0 saturated carbocycles. The second-order valence-electron chi connectivity index (χ2n) is 5.02. The Morgan fingerprint density at radius 2 is 2.45 bits per heavy atom. The fourth-order valence-corrected chi connectivity index (χ4v) is 2.32. The molecule has 0 spiro atoms. The standard InChI is InChI=1S/C14H22N4O2/c1-2-3-9-20-14(19)17-12-5-4-8-18(11-12)13-6-7-15-16-10-13/h6-7,10,12H,2-5,8-9,11H2,1H3,(H,17,19)/t12-/m0/s1. The molecule has 1 aromatic rings. The van der Waals surface area contributed by atoms with Gasteiger partial charge in [0, 0.05) is 19.1 Å². The predicted octanol–water partition coefficient (Wildman–Crippen LogP) is 1.97. The van der Waals surface area contributed by atoms with Gasteiger partial charge in [-0.3, -0.25) is 0 Å². The largest absolute Gasteiger partial charge is 0.450 e. The topological polar surface area (TPSA) is 67.3 Å². The van der Waals surface area contributed by atoms with E-state index in [4.69, 9.17) is 4.74 Å². The molecular weight excluding hydrogens is 256 g/mol. The van der Waals surface area contributed by atoms with Crippen LogP contribution in [0.2, 0.25) is 0 Å². The van der Waals surface area contributed by atoms with E-state index in [0.29, 0.717) is 6.61 Å². The smallest absolute Gasteiger partial charge is 0.407 e. The summed E-state index contributed by atoms with van der Waals surface area (Å²) in [5.74, 6) is 0. The summed E-state index contributed by atoms with van der Waals surface area (Å²) in [6.07, 6.45) is 7.10. The molecule has 0 aromatic carbocycles. The highest BCUT2D eigenvalue weighted by Gasteiger charge is 2.22. The molecule has 2 heterocycles. The lowest BCUT2D eigenvalue weighted by Crippen LogP contribution is -2.48. The first-order chi connectivity index (χ1) is 9.79. The zero-order chi connectivity index (χ0) is 14.2. The summed E-state index contributed by atoms with van der Waals surface area (Å²) in [5.41, 5.74) is 1.05. The molecule has 0 aliphatic carbocycles. The Kier molecular flexibility index (Phi) is 5.58. The van der Waals surface area contributed by atoms with E-state index in [2.05, 4.69) is 27.3 Å². The summed E-state index contributed by atoms with van der Waals surface area (Å²) >= 11 is 0. The van der Waals surface area contributed by atoms with Gasteiger partial charge in [-0.2, -0.15) is 10.2 Å². The number of amides is 1. The zero-order valence-corrected chi connectivity index (χ0v) is 11.9. The van der Waals surface area contributed by atoms with E-state index >= 15 is 0 Å². The van der Waals surface area contributed by atoms with Crippen LogP contribution in [0.1, 0.15) is 32.6 Å². The molecule has 110 valence electrons. The highest BCUT2D eigenvalue weighted by atomic mass is 16.5. The summed E-state index contributed by atoms with van der Waals surface area (Å²) in [5, 5.41) is 10.6. The van der Waals surface area contributed by atoms with Crippen LogP contribution in [0.5, 0.6) is 0 Å². The Labute approximate surface area is 119 Å². The first-order valence-electron chi connectivity index (χ1n) is 7.24. The fraction of sp³-hybridized carbons (Fsp3) is 0.643. The SMILES string of the molecule is CCCCOC(=O)N[C@H]1CCCN(c2ccnnc2)C1. The third-order valence-corrected chi connectivity index (χ3v) is 3.41. The van der Waals surface area contributed by atoms with Crippen molar-refractivity contribution < 1.29 is 9.53 Å². The monoisotopic (exact) mass is 278 g/mol. The third kappa shape index (κ3) is 4.36. The number of rotatable bonds is 5. The van der Waals surface area contributed by atoms with Crippen LogP contribution in [0.4, 0.5) is 10.5 Å². The van der Waals surface area contributed by atoms with Crippen molar-refractivity contribution in [2.24, 2.45) is 0 Å². The van der Waals surface area contributed by atoms with Gasteiger partial charge in [0.25, 0.3) is 0 Å². The number of carbonyl (C=O) groups excluding carboxylic acids is 1. The van der Waals surface area contributed by atoms with Gasteiger partial charge in [0.1, 0.15) is 0 Å². The lowest BCUT2D eigenvalue weighted by molar-refractivity contribution is 0.139. The van der Waals surface area contributed by atoms with Gasteiger partial charge in [0.15, 0.2) is 0 Å². The number of anilines is 1. The molecule has 1 amide bonds. The Bertz CT molecular complexity index is 413. The van der Waals surface area contributed by atoms with Crippen molar-refractivity contribution in [1.82, 2.24) is 15.5 Å². The predicted molar refractivity (Wildman–Crippen MR) is 76.7 cm³/mol. The van der Waals surface area contributed by atoms with Gasteiger partial charge in [-0.05, 0) is 25.3 Å². The quantitative estimate of drug-likeness (QED) is 0.834. The molecule has 1 N–H and O–H groups in total. The minimum absolute atomic E-state index is 0.131. The van der Waals surface area contributed by atoms with Crippen LogP contribution >= 0.6 is 0 Å². The van der Waals surface area contributed by atoms with E-state index in [1.165, 1.54) is 0 Å². The molecular formula is C14H22N4O2. The minimum Gasteiger partial charge on any atom is -0.450 e. The average molecular weight is 278 g/mol. The molecule has 1 fully saturated rings. The lowest BCUT2D eigenvalue weighted by atomic mass is 10.1. The molecule has 1 saturated heterocycles. The summed E-state index contributed by atoms with van der Waals surface area (Å²) in [4.78, 5) is 13.9. The number of nitrogens with one attached hydrogen (secondary N) is 1. The number of nitrogens with zero attached hydrogens (tertiary/aromatic N) is 3. The maximum Gasteiger partial charge on any atom is 0.407 e. The Balaban J connectivity index is 1.80. The van der Waals surface area contributed by atoms with Crippen molar-refractivity contribution in [3.05, 3.63) is 18.5 Å². The van der Waals surface area contributed by atoms with E-state index in [9.17, 15) is 4.79 Å². The third-order valence-electron chi connectivity index (χ3n) is 3.41. The normalized spacial score (nSPS) is 18.6. The highest BCUT2D eigenvalue weighted by Crippen LogP contribution is 2.18. The average Bonchev–Trinajstić information content (AvgIpc) is 2.49. The summed E-state index contributed by atoms with van der Waals surface area (Å²) < 4.78 is 5.14. The number of hydrogen-bond acceptors (Lipinski definition) is 5. The van der Waals surface area contributed by atoms with E-state index in [1.54, 1.807) is 12.4 Å². The van der Waals surface area contributed by atoms with Gasteiger partial charge < -0.3 is 15.0 Å². The van der Waals surface area contributed by atoms with Crippen molar-refractivity contribution in [3.8, 4) is 0 Å². The second kappa shape index (κ2) is 7.67. The van der Waals surface area contributed by atoms with Crippen molar-refractivity contribution in [3.63, 3.8) is 0 Å². The van der Waals surface area contributed by atoms with E-state index < -0.39 is 0 Å². The summed E-state index contributed by atoms with van der Waals surface area (Å²) in [6.45, 7) is 4.33. The molecule has 1 aromatic heterocycles. The summed E-state index contributed by atoms with van der Waals surface area (Å²) in [6, 6.07) is 2.07. The molecule has 6 nitrogen and oxygen atoms in total. The molecule has 20 heavy (non-hydrogen) atoms. The first-order valence-corrected chi connectivity index (χ1v) is 7.24. The van der Waals surface area contributed by atoms with Gasteiger partial charge >= 0.3 is 6.09 Å². The number of piperidine rings is 1. The van der Waals surface area contributed by atoms with Crippen molar-refractivity contribution in [2.45, 2.75) is 38.6 Å². The summed E-state index contributed by atoms with van der Waals surface area (Å²) in [7, 11) is 0. The van der Waals surface area contributed by atoms with Gasteiger partial charge in [0.2, 0.25) is 0 Å². The maximum absolute atomic E-state index is 11.7. The zero-order valence-electron chi connectivity index (χ0n) is 11.9. The van der Waals surface area contributed by atoms with Gasteiger partial charge in [-0.25, -0.2) is 4.79 Å².